The minimum absolute atomic E-state index is 0.391. The molecule has 0 radical (unpaired) electrons. The number of ether oxygens (including phenoxy) is 1. The second kappa shape index (κ2) is 7.79. The summed E-state index contributed by atoms with van der Waals surface area (Å²) < 4.78 is 5.46. The SMILES string of the molecule is O=C(Oc1ccc(Cl)cc1)N(c1ccc(Cl)cc1)c1ccc(Cl)cc1. The van der Waals surface area contributed by atoms with Crippen LogP contribution in [0.4, 0.5) is 16.2 Å². The summed E-state index contributed by atoms with van der Waals surface area (Å²) in [5.41, 5.74) is 1.23. The van der Waals surface area contributed by atoms with Crippen LogP contribution in [-0.4, -0.2) is 6.09 Å². The van der Waals surface area contributed by atoms with Gasteiger partial charge in [0, 0.05) is 15.1 Å². The molecular formula is C19H12Cl3NO2. The Morgan fingerprint density at radius 1 is 0.640 bits per heavy atom. The molecule has 0 aliphatic carbocycles. The molecule has 0 atom stereocenters. The number of rotatable bonds is 3. The van der Waals surface area contributed by atoms with Crippen molar-refractivity contribution >= 4 is 52.3 Å². The van der Waals surface area contributed by atoms with Crippen molar-refractivity contribution in [2.45, 2.75) is 0 Å². The fraction of sp³-hybridized carbons (Fsp3) is 0. The highest BCUT2D eigenvalue weighted by atomic mass is 35.5. The van der Waals surface area contributed by atoms with E-state index in [-0.39, 0.29) is 0 Å². The zero-order chi connectivity index (χ0) is 17.8. The van der Waals surface area contributed by atoms with Gasteiger partial charge in [-0.15, -0.1) is 0 Å². The highest BCUT2D eigenvalue weighted by Crippen LogP contribution is 2.29. The van der Waals surface area contributed by atoms with Gasteiger partial charge in [0.2, 0.25) is 0 Å². The van der Waals surface area contributed by atoms with Gasteiger partial charge in [0.15, 0.2) is 0 Å². The molecule has 0 spiro atoms. The summed E-state index contributed by atoms with van der Waals surface area (Å²) in [6.45, 7) is 0. The summed E-state index contributed by atoms with van der Waals surface area (Å²) in [6, 6.07) is 20.3. The highest BCUT2D eigenvalue weighted by molar-refractivity contribution is 6.31. The summed E-state index contributed by atoms with van der Waals surface area (Å²) in [5.74, 6) is 0.391. The van der Waals surface area contributed by atoms with Gasteiger partial charge in [-0.3, -0.25) is 0 Å². The molecule has 0 N–H and O–H groups in total. The Kier molecular flexibility index (Phi) is 5.49. The van der Waals surface area contributed by atoms with Crippen LogP contribution in [0.2, 0.25) is 15.1 Å². The van der Waals surface area contributed by atoms with Crippen LogP contribution in [0.15, 0.2) is 72.8 Å². The number of benzene rings is 3. The van der Waals surface area contributed by atoms with E-state index in [0.717, 1.165) is 0 Å². The molecule has 0 saturated carbocycles. The Morgan fingerprint density at radius 2 is 1.00 bits per heavy atom. The summed E-state index contributed by atoms with van der Waals surface area (Å²) >= 11 is 17.7. The monoisotopic (exact) mass is 391 g/mol. The van der Waals surface area contributed by atoms with Gasteiger partial charge in [0.1, 0.15) is 5.75 Å². The van der Waals surface area contributed by atoms with E-state index in [9.17, 15) is 4.79 Å². The van der Waals surface area contributed by atoms with Crippen LogP contribution in [-0.2, 0) is 0 Å². The molecule has 0 aliphatic rings. The van der Waals surface area contributed by atoms with E-state index in [0.29, 0.717) is 32.2 Å². The molecule has 0 aliphatic heterocycles. The first-order valence-electron chi connectivity index (χ1n) is 7.31. The molecule has 0 aromatic heterocycles. The van der Waals surface area contributed by atoms with E-state index in [2.05, 4.69) is 0 Å². The van der Waals surface area contributed by atoms with E-state index in [1.807, 2.05) is 0 Å². The first-order chi connectivity index (χ1) is 12.0. The topological polar surface area (TPSA) is 29.5 Å². The molecule has 0 heterocycles. The Balaban J connectivity index is 1.94. The molecule has 6 heteroatoms. The zero-order valence-corrected chi connectivity index (χ0v) is 15.1. The summed E-state index contributed by atoms with van der Waals surface area (Å²) in [5, 5.41) is 1.71. The van der Waals surface area contributed by atoms with Crippen LogP contribution < -0.4 is 9.64 Å². The third-order valence-corrected chi connectivity index (χ3v) is 4.13. The predicted molar refractivity (Wildman–Crippen MR) is 103 cm³/mol. The average Bonchev–Trinajstić information content (AvgIpc) is 2.60. The predicted octanol–water partition coefficient (Wildman–Crippen LogP) is 6.98. The Labute approximate surface area is 160 Å². The quantitative estimate of drug-likeness (QED) is 0.481. The lowest BCUT2D eigenvalue weighted by atomic mass is 10.2. The van der Waals surface area contributed by atoms with E-state index in [1.54, 1.807) is 72.8 Å². The van der Waals surface area contributed by atoms with Gasteiger partial charge in [0.25, 0.3) is 0 Å². The number of carbonyl (C=O) groups excluding carboxylic acids is 1. The van der Waals surface area contributed by atoms with Gasteiger partial charge >= 0.3 is 6.09 Å². The van der Waals surface area contributed by atoms with Crippen molar-refractivity contribution in [2.75, 3.05) is 4.90 Å². The van der Waals surface area contributed by atoms with Crippen molar-refractivity contribution < 1.29 is 9.53 Å². The van der Waals surface area contributed by atoms with Crippen LogP contribution in [0.5, 0.6) is 5.75 Å². The number of hydrogen-bond acceptors (Lipinski definition) is 2. The second-order valence-electron chi connectivity index (χ2n) is 5.11. The normalized spacial score (nSPS) is 10.4. The molecule has 1 amide bonds. The lowest BCUT2D eigenvalue weighted by Crippen LogP contribution is -2.29. The number of hydrogen-bond donors (Lipinski definition) is 0. The van der Waals surface area contributed by atoms with Gasteiger partial charge < -0.3 is 4.74 Å². The van der Waals surface area contributed by atoms with Crippen molar-refractivity contribution in [3.8, 4) is 5.75 Å². The molecule has 3 rings (SSSR count). The Bertz CT molecular complexity index is 817. The number of amides is 1. The first kappa shape index (κ1) is 17.6. The fourth-order valence-electron chi connectivity index (χ4n) is 2.19. The van der Waals surface area contributed by atoms with Gasteiger partial charge in [-0.25, -0.2) is 9.69 Å². The molecule has 3 aromatic rings. The van der Waals surface area contributed by atoms with Crippen LogP contribution in [0, 0.1) is 0 Å². The molecule has 126 valence electrons. The van der Waals surface area contributed by atoms with Gasteiger partial charge in [0.05, 0.1) is 11.4 Å². The molecule has 3 aromatic carbocycles. The number of halogens is 3. The van der Waals surface area contributed by atoms with Crippen molar-refractivity contribution in [3.05, 3.63) is 87.9 Å². The molecule has 0 fully saturated rings. The first-order valence-corrected chi connectivity index (χ1v) is 8.45. The van der Waals surface area contributed by atoms with Crippen molar-refractivity contribution in [1.29, 1.82) is 0 Å². The maximum absolute atomic E-state index is 12.8. The zero-order valence-electron chi connectivity index (χ0n) is 12.8. The van der Waals surface area contributed by atoms with Crippen LogP contribution >= 0.6 is 34.8 Å². The maximum Gasteiger partial charge on any atom is 0.424 e. The standard InChI is InChI=1S/C19H12Cl3NO2/c20-13-1-7-16(8-2-13)23(17-9-3-14(21)4-10-17)19(24)25-18-11-5-15(22)6-12-18/h1-12H. The second-order valence-corrected chi connectivity index (χ2v) is 6.42. The molecule has 25 heavy (non-hydrogen) atoms. The van der Waals surface area contributed by atoms with Crippen LogP contribution in [0.3, 0.4) is 0 Å². The molecule has 3 nitrogen and oxygen atoms in total. The average molecular weight is 393 g/mol. The number of carbonyl (C=O) groups is 1. The molecular weight excluding hydrogens is 381 g/mol. The molecule has 0 unspecified atom stereocenters. The molecule has 0 saturated heterocycles. The third-order valence-electron chi connectivity index (χ3n) is 3.37. The number of nitrogens with zero attached hydrogens (tertiary/aromatic N) is 1. The van der Waals surface area contributed by atoms with E-state index in [1.165, 1.54) is 4.90 Å². The van der Waals surface area contributed by atoms with Gasteiger partial charge in [-0.2, -0.15) is 0 Å². The van der Waals surface area contributed by atoms with Crippen LogP contribution in [0.1, 0.15) is 0 Å². The maximum atomic E-state index is 12.8. The van der Waals surface area contributed by atoms with Gasteiger partial charge in [-0.1, -0.05) is 34.8 Å². The van der Waals surface area contributed by atoms with E-state index < -0.39 is 6.09 Å². The lowest BCUT2D eigenvalue weighted by molar-refractivity contribution is 0.210. The lowest BCUT2D eigenvalue weighted by Gasteiger charge is -2.22. The van der Waals surface area contributed by atoms with Crippen molar-refractivity contribution in [3.63, 3.8) is 0 Å². The van der Waals surface area contributed by atoms with E-state index >= 15 is 0 Å². The highest BCUT2D eigenvalue weighted by Gasteiger charge is 2.20. The fourth-order valence-corrected chi connectivity index (χ4v) is 2.57. The largest absolute Gasteiger partial charge is 0.424 e. The minimum atomic E-state index is -0.563. The van der Waals surface area contributed by atoms with Gasteiger partial charge in [-0.05, 0) is 72.8 Å². The van der Waals surface area contributed by atoms with Crippen molar-refractivity contribution in [2.24, 2.45) is 0 Å². The summed E-state index contributed by atoms with van der Waals surface area (Å²) in [4.78, 5) is 14.2. The van der Waals surface area contributed by atoms with E-state index in [4.69, 9.17) is 39.5 Å². The van der Waals surface area contributed by atoms with Crippen molar-refractivity contribution in [1.82, 2.24) is 0 Å². The third kappa shape index (κ3) is 4.45. The Hall–Kier alpha value is -2.20. The summed E-state index contributed by atoms with van der Waals surface area (Å²) in [7, 11) is 0. The number of anilines is 2. The molecule has 0 bridgehead atoms. The van der Waals surface area contributed by atoms with Crippen LogP contribution in [0.25, 0.3) is 0 Å². The minimum Gasteiger partial charge on any atom is -0.410 e. The Morgan fingerprint density at radius 3 is 1.40 bits per heavy atom. The summed E-state index contributed by atoms with van der Waals surface area (Å²) in [6.07, 6.45) is -0.563. The smallest absolute Gasteiger partial charge is 0.410 e.